The number of carboxylic acid groups (broad SMARTS) is 2. The summed E-state index contributed by atoms with van der Waals surface area (Å²) in [5, 5.41) is 25.5. The van der Waals surface area contributed by atoms with Crippen LogP contribution in [0.5, 0.6) is 0 Å². The van der Waals surface area contributed by atoms with E-state index < -0.39 is 24.0 Å². The third-order valence-corrected chi connectivity index (χ3v) is 6.60. The van der Waals surface area contributed by atoms with Crippen molar-refractivity contribution in [3.8, 4) is 0 Å². The van der Waals surface area contributed by atoms with Gasteiger partial charge in [-0.1, -0.05) is 47.8 Å². The highest BCUT2D eigenvalue weighted by atomic mass is 32.2. The van der Waals surface area contributed by atoms with Crippen LogP contribution in [-0.2, 0) is 9.59 Å². The number of carbonyl (C=O) groups excluding carboxylic acids is 2. The fraction of sp³-hybridized carbons (Fsp3) is 0.429. The summed E-state index contributed by atoms with van der Waals surface area (Å²) in [6.07, 6.45) is 0. The van der Waals surface area contributed by atoms with E-state index in [1.54, 1.807) is 23.5 Å². The van der Waals surface area contributed by atoms with Gasteiger partial charge in [-0.3, -0.25) is 0 Å². The Hall–Kier alpha value is -1.22. The minimum Gasteiger partial charge on any atom is -0.544 e. The second kappa shape index (κ2) is 6.49. The summed E-state index contributed by atoms with van der Waals surface area (Å²) in [7, 11) is 0. The predicted molar refractivity (Wildman–Crippen MR) is 78.3 cm³/mol. The molecule has 22 heavy (non-hydrogen) atoms. The Morgan fingerprint density at radius 3 is 1.50 bits per heavy atom. The summed E-state index contributed by atoms with van der Waals surface area (Å²) in [6, 6.07) is 6.97. The second-order valence-corrected chi connectivity index (χ2v) is 7.76. The fourth-order valence-corrected chi connectivity index (χ4v) is 5.27. The Morgan fingerprint density at radius 1 is 0.864 bits per heavy atom. The van der Waals surface area contributed by atoms with Gasteiger partial charge in [-0.2, -0.15) is 0 Å². The van der Waals surface area contributed by atoms with E-state index in [1.807, 2.05) is 34.9 Å². The molecule has 0 radical (unpaired) electrons. The van der Waals surface area contributed by atoms with Gasteiger partial charge in [0.1, 0.15) is 24.0 Å². The van der Waals surface area contributed by atoms with E-state index in [0.29, 0.717) is 11.5 Å². The third kappa shape index (κ3) is 3.24. The molecule has 2 heterocycles. The SMILES string of the molecule is O=C([O-])[C@@H]1CS[C@@H](c2ccc([C@H]3[NH2+][C@H](C(=O)[O-])CS3)cc2)[NH2+]1. The number of carboxylic acids is 2. The highest BCUT2D eigenvalue weighted by Crippen LogP contribution is 2.30. The lowest BCUT2D eigenvalue weighted by atomic mass is 10.1. The lowest BCUT2D eigenvalue weighted by Gasteiger charge is -2.13. The molecule has 2 saturated heterocycles. The Labute approximate surface area is 136 Å². The molecule has 0 unspecified atom stereocenters. The van der Waals surface area contributed by atoms with Gasteiger partial charge in [-0.15, -0.1) is 0 Å². The van der Waals surface area contributed by atoms with Gasteiger partial charge in [0.15, 0.2) is 10.7 Å². The van der Waals surface area contributed by atoms with Crippen LogP contribution in [-0.4, -0.2) is 35.5 Å². The van der Waals surface area contributed by atoms with Crippen molar-refractivity contribution in [2.75, 3.05) is 11.5 Å². The lowest BCUT2D eigenvalue weighted by molar-refractivity contribution is -0.690. The molecule has 3 rings (SSSR count). The van der Waals surface area contributed by atoms with Gasteiger partial charge in [-0.25, -0.2) is 0 Å². The monoisotopic (exact) mass is 340 g/mol. The molecule has 6 nitrogen and oxygen atoms in total. The van der Waals surface area contributed by atoms with Crippen LogP contribution >= 0.6 is 23.5 Å². The Kier molecular flexibility index (Phi) is 4.62. The van der Waals surface area contributed by atoms with E-state index in [9.17, 15) is 19.8 Å². The van der Waals surface area contributed by atoms with Gasteiger partial charge >= 0.3 is 0 Å². The molecule has 1 aromatic rings. The quantitative estimate of drug-likeness (QED) is 0.589. The van der Waals surface area contributed by atoms with E-state index >= 15 is 0 Å². The highest BCUT2D eigenvalue weighted by molar-refractivity contribution is 7.99. The molecule has 0 bridgehead atoms. The number of carbonyl (C=O) groups is 2. The van der Waals surface area contributed by atoms with Crippen molar-refractivity contribution in [1.82, 2.24) is 0 Å². The van der Waals surface area contributed by atoms with E-state index in [1.165, 1.54) is 0 Å². The number of hydrogen-bond donors (Lipinski definition) is 2. The molecule has 2 fully saturated rings. The smallest absolute Gasteiger partial charge is 0.159 e. The number of thioether (sulfide) groups is 2. The van der Waals surface area contributed by atoms with Gasteiger partial charge < -0.3 is 30.4 Å². The first-order valence-corrected chi connectivity index (χ1v) is 9.09. The first kappa shape index (κ1) is 15.7. The zero-order valence-corrected chi connectivity index (χ0v) is 13.3. The first-order chi connectivity index (χ1) is 10.5. The van der Waals surface area contributed by atoms with Gasteiger partial charge in [0.25, 0.3) is 0 Å². The number of benzene rings is 1. The number of nitrogens with two attached hydrogens (primary N) is 2. The maximum absolute atomic E-state index is 10.9. The van der Waals surface area contributed by atoms with E-state index in [-0.39, 0.29) is 10.7 Å². The number of aliphatic carboxylic acids is 2. The molecule has 2 aliphatic rings. The molecule has 0 spiro atoms. The molecule has 0 saturated carbocycles. The minimum absolute atomic E-state index is 0.0770. The Bertz CT molecular complexity index is 530. The maximum atomic E-state index is 10.9. The van der Waals surface area contributed by atoms with Crippen LogP contribution in [0, 0.1) is 0 Å². The van der Waals surface area contributed by atoms with Crippen LogP contribution in [0.2, 0.25) is 0 Å². The van der Waals surface area contributed by atoms with Crippen LogP contribution in [0.15, 0.2) is 24.3 Å². The molecule has 4 atom stereocenters. The van der Waals surface area contributed by atoms with Gasteiger partial charge in [0.05, 0.1) is 11.5 Å². The largest absolute Gasteiger partial charge is 0.544 e. The lowest BCUT2D eigenvalue weighted by Crippen LogP contribution is -2.90. The van der Waals surface area contributed by atoms with E-state index in [0.717, 1.165) is 11.1 Å². The molecule has 4 N–H and O–H groups in total. The van der Waals surface area contributed by atoms with E-state index in [4.69, 9.17) is 0 Å². The summed E-state index contributed by atoms with van der Waals surface area (Å²) in [5.41, 5.74) is 2.13. The van der Waals surface area contributed by atoms with Gasteiger partial charge in [0.2, 0.25) is 0 Å². The molecular weight excluding hydrogens is 324 g/mol. The molecule has 0 aliphatic carbocycles. The zero-order valence-electron chi connectivity index (χ0n) is 11.6. The fourth-order valence-electron chi connectivity index (χ4n) is 2.64. The standard InChI is InChI=1S/C14H16N2O4S2/c17-13(18)9-5-21-11(15-9)7-1-2-8(4-3-7)12-16-10(6-22-12)14(19)20/h1-4,9-12,15-16H,5-6H2,(H,17,18)(H,19,20)/t9-,10-,11-,12-/m0/s1. The second-order valence-electron chi connectivity index (χ2n) is 5.41. The van der Waals surface area contributed by atoms with Crippen molar-refractivity contribution in [2.45, 2.75) is 22.8 Å². The third-order valence-electron chi connectivity index (χ3n) is 3.92. The predicted octanol–water partition coefficient (Wildman–Crippen LogP) is -3.46. The normalized spacial score (nSPS) is 31.3. The minimum atomic E-state index is -1.02. The molecule has 118 valence electrons. The van der Waals surface area contributed by atoms with Crippen LogP contribution < -0.4 is 20.8 Å². The van der Waals surface area contributed by atoms with Crippen molar-refractivity contribution >= 4 is 35.5 Å². The van der Waals surface area contributed by atoms with Gasteiger partial charge in [0, 0.05) is 11.1 Å². The summed E-state index contributed by atoms with van der Waals surface area (Å²) < 4.78 is 0. The topological polar surface area (TPSA) is 113 Å². The maximum Gasteiger partial charge on any atom is 0.159 e. The van der Waals surface area contributed by atoms with Crippen LogP contribution in [0.3, 0.4) is 0 Å². The molecular formula is C14H16N2O4S2. The van der Waals surface area contributed by atoms with E-state index in [2.05, 4.69) is 0 Å². The summed E-state index contributed by atoms with van der Waals surface area (Å²) >= 11 is 3.20. The molecule has 2 aliphatic heterocycles. The van der Waals surface area contributed by atoms with Crippen LogP contribution in [0.4, 0.5) is 0 Å². The van der Waals surface area contributed by atoms with Crippen molar-refractivity contribution in [3.63, 3.8) is 0 Å². The van der Waals surface area contributed by atoms with Crippen molar-refractivity contribution in [1.29, 1.82) is 0 Å². The number of hydrogen-bond acceptors (Lipinski definition) is 6. The number of rotatable bonds is 4. The Balaban J connectivity index is 1.64. The number of quaternary nitrogens is 2. The summed E-state index contributed by atoms with van der Waals surface area (Å²) in [4.78, 5) is 21.8. The molecule has 0 amide bonds. The summed E-state index contributed by atoms with van der Waals surface area (Å²) in [6.45, 7) is 0. The molecule has 1 aromatic carbocycles. The van der Waals surface area contributed by atoms with Crippen molar-refractivity contribution in [2.24, 2.45) is 0 Å². The average Bonchev–Trinajstić information content (AvgIpc) is 3.17. The van der Waals surface area contributed by atoms with Gasteiger partial charge in [-0.05, 0) is 0 Å². The summed E-state index contributed by atoms with van der Waals surface area (Å²) in [5.74, 6) is -0.934. The highest BCUT2D eigenvalue weighted by Gasteiger charge is 2.33. The average molecular weight is 340 g/mol. The van der Waals surface area contributed by atoms with Crippen LogP contribution in [0.1, 0.15) is 21.9 Å². The van der Waals surface area contributed by atoms with Crippen LogP contribution in [0.25, 0.3) is 0 Å². The van der Waals surface area contributed by atoms with Crippen molar-refractivity contribution in [3.05, 3.63) is 35.4 Å². The van der Waals surface area contributed by atoms with Crippen molar-refractivity contribution < 1.29 is 30.4 Å². The molecule has 8 heteroatoms. The zero-order chi connectivity index (χ0) is 15.7. The first-order valence-electron chi connectivity index (χ1n) is 6.99. The Morgan fingerprint density at radius 2 is 1.23 bits per heavy atom. The molecule has 0 aromatic heterocycles.